The van der Waals surface area contributed by atoms with Gasteiger partial charge in [-0.1, -0.05) is 48.0 Å². The molecule has 3 aromatic carbocycles. The van der Waals surface area contributed by atoms with Crippen molar-refractivity contribution >= 4 is 35.2 Å². The molecule has 230 valence electrons. The van der Waals surface area contributed by atoms with Gasteiger partial charge in [0.1, 0.15) is 11.8 Å². The van der Waals surface area contributed by atoms with E-state index in [9.17, 15) is 22.8 Å². The molecule has 8 nitrogen and oxygen atoms in total. The molecule has 0 aliphatic carbocycles. The number of halogens is 4. The van der Waals surface area contributed by atoms with Crippen LogP contribution in [-0.4, -0.2) is 39.5 Å². The molecular weight excluding hydrogens is 615 g/mol. The number of para-hydroxylation sites is 1. The molecule has 44 heavy (non-hydrogen) atoms. The lowest BCUT2D eigenvalue weighted by Crippen LogP contribution is -2.46. The van der Waals surface area contributed by atoms with Crippen LogP contribution in [0.4, 0.5) is 13.2 Å². The molecule has 2 atom stereocenters. The average molecular weight is 644 g/mol. The van der Waals surface area contributed by atoms with Crippen LogP contribution in [0.25, 0.3) is 0 Å². The van der Waals surface area contributed by atoms with Crippen molar-refractivity contribution in [2.24, 2.45) is 5.73 Å². The van der Waals surface area contributed by atoms with Crippen molar-refractivity contribution in [1.29, 1.82) is 0 Å². The second-order valence-electron chi connectivity index (χ2n) is 10.3. The van der Waals surface area contributed by atoms with E-state index in [0.717, 1.165) is 22.4 Å². The maximum Gasteiger partial charge on any atom is 0.446 e. The number of hydrogen-bond donors (Lipinski definition) is 3. The normalized spacial score (nSPS) is 15.2. The molecule has 1 aliphatic rings. The molecule has 2 heterocycles. The van der Waals surface area contributed by atoms with Gasteiger partial charge in [0.2, 0.25) is 5.91 Å². The Hall–Kier alpha value is -4.00. The van der Waals surface area contributed by atoms with Gasteiger partial charge >= 0.3 is 5.51 Å². The van der Waals surface area contributed by atoms with E-state index in [1.54, 1.807) is 61.1 Å². The van der Waals surface area contributed by atoms with Crippen LogP contribution in [0, 0.1) is 0 Å². The Labute approximate surface area is 261 Å². The summed E-state index contributed by atoms with van der Waals surface area (Å²) in [6, 6.07) is 17.4. The van der Waals surface area contributed by atoms with Gasteiger partial charge in [-0.25, -0.2) is 4.98 Å². The number of nitrogens with two attached hydrogens (primary N) is 1. The number of alkyl halides is 3. The standard InChI is InChI=1S/C31H29ClF3N5O3S/c32-21-8-4-19(5-9-21)14-27(29(36)41)39-30(42)25-3-1-2-24-26(12-13-43-28(24)25)38-16-22-15-37-18-40(22)17-20-6-10-23(11-7-20)44-31(33,34)35/h1-11,15,18,26-27,38H,12-14,16-17H2,(H2,36,41)(H,39,42)/t26?,27-/m0/s1. The van der Waals surface area contributed by atoms with Gasteiger partial charge in [0.05, 0.1) is 24.2 Å². The van der Waals surface area contributed by atoms with Gasteiger partial charge in [-0.15, -0.1) is 0 Å². The average Bonchev–Trinajstić information content (AvgIpc) is 3.43. The number of imidazole rings is 1. The second-order valence-corrected chi connectivity index (χ2v) is 11.8. The van der Waals surface area contributed by atoms with E-state index in [1.165, 1.54) is 12.1 Å². The summed E-state index contributed by atoms with van der Waals surface area (Å²) in [6.07, 6.45) is 4.28. The number of carbonyl (C=O) groups excluding carboxylic acids is 2. The van der Waals surface area contributed by atoms with Crippen LogP contribution in [0.5, 0.6) is 5.75 Å². The number of amides is 2. The molecule has 5 rings (SSSR count). The van der Waals surface area contributed by atoms with E-state index in [4.69, 9.17) is 22.1 Å². The van der Waals surface area contributed by atoms with E-state index in [2.05, 4.69) is 15.6 Å². The van der Waals surface area contributed by atoms with E-state index < -0.39 is 23.4 Å². The van der Waals surface area contributed by atoms with Crippen molar-refractivity contribution in [3.8, 4) is 5.75 Å². The van der Waals surface area contributed by atoms with Crippen molar-refractivity contribution in [1.82, 2.24) is 20.2 Å². The monoisotopic (exact) mass is 643 g/mol. The molecule has 0 spiro atoms. The minimum atomic E-state index is -4.33. The highest BCUT2D eigenvalue weighted by Crippen LogP contribution is 2.37. The minimum absolute atomic E-state index is 0.130. The van der Waals surface area contributed by atoms with Crippen molar-refractivity contribution in [2.45, 2.75) is 48.4 Å². The Morgan fingerprint density at radius 1 is 1.09 bits per heavy atom. The maximum atomic E-state index is 13.3. The van der Waals surface area contributed by atoms with Gasteiger partial charge in [-0.2, -0.15) is 13.2 Å². The highest BCUT2D eigenvalue weighted by molar-refractivity contribution is 8.00. The van der Waals surface area contributed by atoms with Gasteiger partial charge in [-0.3, -0.25) is 9.59 Å². The number of hydrogen-bond acceptors (Lipinski definition) is 6. The number of aromatic nitrogens is 2. The SMILES string of the molecule is NC(=O)[C@H](Cc1ccc(Cl)cc1)NC(=O)c1cccc2c1OCCC2NCc1cncn1Cc1ccc(SC(F)(F)F)cc1. The summed E-state index contributed by atoms with van der Waals surface area (Å²) in [6.45, 7) is 1.27. The summed E-state index contributed by atoms with van der Waals surface area (Å²) in [4.78, 5) is 29.9. The minimum Gasteiger partial charge on any atom is -0.492 e. The molecule has 4 N–H and O–H groups in total. The fourth-order valence-electron chi connectivity index (χ4n) is 4.99. The number of primary amides is 1. The number of carbonyl (C=O) groups is 2. The van der Waals surface area contributed by atoms with Crippen LogP contribution < -0.4 is 21.1 Å². The maximum absolute atomic E-state index is 13.3. The van der Waals surface area contributed by atoms with Crippen molar-refractivity contribution in [3.63, 3.8) is 0 Å². The van der Waals surface area contributed by atoms with Crippen molar-refractivity contribution in [3.05, 3.63) is 112 Å². The van der Waals surface area contributed by atoms with Crippen LogP contribution >= 0.6 is 23.4 Å². The molecule has 1 unspecified atom stereocenters. The third kappa shape index (κ3) is 8.13. The molecule has 1 aliphatic heterocycles. The largest absolute Gasteiger partial charge is 0.492 e. The second kappa shape index (κ2) is 13.7. The van der Waals surface area contributed by atoms with Crippen LogP contribution in [-0.2, 0) is 24.3 Å². The Morgan fingerprint density at radius 2 is 1.82 bits per heavy atom. The first-order chi connectivity index (χ1) is 21.1. The summed E-state index contributed by atoms with van der Waals surface area (Å²) in [5.74, 6) is -0.696. The summed E-state index contributed by atoms with van der Waals surface area (Å²) in [7, 11) is 0. The van der Waals surface area contributed by atoms with Crippen LogP contribution in [0.3, 0.4) is 0 Å². The summed E-state index contributed by atoms with van der Waals surface area (Å²) in [5.41, 5.74) is 4.90. The van der Waals surface area contributed by atoms with Crippen LogP contribution in [0.1, 0.15) is 45.2 Å². The molecule has 0 bridgehead atoms. The highest BCUT2D eigenvalue weighted by Gasteiger charge is 2.29. The van der Waals surface area contributed by atoms with Gasteiger partial charge in [0.25, 0.3) is 5.91 Å². The topological polar surface area (TPSA) is 111 Å². The van der Waals surface area contributed by atoms with E-state index in [-0.39, 0.29) is 29.1 Å². The molecule has 4 aromatic rings. The number of thioether (sulfide) groups is 1. The number of nitrogens with zero attached hydrogens (tertiary/aromatic N) is 2. The number of rotatable bonds is 11. The number of benzene rings is 3. The first-order valence-corrected chi connectivity index (χ1v) is 14.9. The Balaban J connectivity index is 1.24. The summed E-state index contributed by atoms with van der Waals surface area (Å²) < 4.78 is 45.8. The van der Waals surface area contributed by atoms with Crippen molar-refractivity contribution < 1.29 is 27.5 Å². The molecule has 0 radical (unpaired) electrons. The first kappa shape index (κ1) is 31.4. The molecule has 0 saturated carbocycles. The van der Waals surface area contributed by atoms with Gasteiger partial charge < -0.3 is 25.7 Å². The molecule has 13 heteroatoms. The third-order valence-corrected chi connectivity index (χ3v) is 8.15. The summed E-state index contributed by atoms with van der Waals surface area (Å²) in [5, 5.41) is 6.82. The zero-order valence-corrected chi connectivity index (χ0v) is 24.9. The Bertz CT molecular complexity index is 1610. The summed E-state index contributed by atoms with van der Waals surface area (Å²) >= 11 is 5.81. The van der Waals surface area contributed by atoms with E-state index in [1.807, 2.05) is 10.6 Å². The molecule has 0 fully saturated rings. The molecular formula is C31H29ClF3N5O3S. The van der Waals surface area contributed by atoms with Gasteiger partial charge in [0, 0.05) is 53.7 Å². The fraction of sp³-hybridized carbons (Fsp3) is 0.258. The van der Waals surface area contributed by atoms with Gasteiger partial charge in [-0.05, 0) is 53.2 Å². The lowest BCUT2D eigenvalue weighted by atomic mass is 9.96. The quantitative estimate of drug-likeness (QED) is 0.183. The first-order valence-electron chi connectivity index (χ1n) is 13.7. The molecule has 1 aromatic heterocycles. The van der Waals surface area contributed by atoms with Crippen molar-refractivity contribution in [2.75, 3.05) is 6.61 Å². The lowest BCUT2D eigenvalue weighted by Gasteiger charge is -2.28. The number of ether oxygens (including phenoxy) is 1. The fourth-order valence-corrected chi connectivity index (χ4v) is 5.65. The zero-order valence-electron chi connectivity index (χ0n) is 23.3. The van der Waals surface area contributed by atoms with Crippen LogP contribution in [0.2, 0.25) is 5.02 Å². The number of fused-ring (bicyclic) bond motifs is 1. The Morgan fingerprint density at radius 3 is 2.52 bits per heavy atom. The van der Waals surface area contributed by atoms with E-state index in [0.29, 0.717) is 42.5 Å². The molecule has 2 amide bonds. The lowest BCUT2D eigenvalue weighted by molar-refractivity contribution is -0.119. The molecule has 0 saturated heterocycles. The predicted molar refractivity (Wildman–Crippen MR) is 161 cm³/mol. The third-order valence-electron chi connectivity index (χ3n) is 7.16. The van der Waals surface area contributed by atoms with E-state index >= 15 is 0 Å². The Kier molecular flexibility index (Phi) is 9.82. The highest BCUT2D eigenvalue weighted by atomic mass is 35.5. The van der Waals surface area contributed by atoms with Crippen LogP contribution in [0.15, 0.2) is 84.1 Å². The smallest absolute Gasteiger partial charge is 0.446 e. The predicted octanol–water partition coefficient (Wildman–Crippen LogP) is 5.64. The number of nitrogens with one attached hydrogen (secondary N) is 2. The zero-order chi connectivity index (χ0) is 31.3. The van der Waals surface area contributed by atoms with Gasteiger partial charge in [0.15, 0.2) is 0 Å².